The summed E-state index contributed by atoms with van der Waals surface area (Å²) in [6.45, 7) is -3.67. The van der Waals surface area contributed by atoms with Crippen LogP contribution in [0.5, 0.6) is 0 Å². The highest BCUT2D eigenvalue weighted by Crippen LogP contribution is 2.35. The first-order chi connectivity index (χ1) is 7.00. The third kappa shape index (κ3) is 3.56. The van der Waals surface area contributed by atoms with E-state index in [0.29, 0.717) is 11.4 Å². The molecule has 84 valence electrons. The lowest BCUT2D eigenvalue weighted by molar-refractivity contribution is 0.00819. The van der Waals surface area contributed by atoms with E-state index >= 15 is 0 Å². The zero-order chi connectivity index (χ0) is 11.4. The summed E-state index contributed by atoms with van der Waals surface area (Å²) >= 11 is 1.55. The van der Waals surface area contributed by atoms with E-state index in [1.807, 2.05) is 0 Å². The van der Waals surface area contributed by atoms with Crippen molar-refractivity contribution >= 4 is 17.7 Å². The van der Waals surface area contributed by atoms with E-state index in [-0.39, 0.29) is 5.95 Å². The van der Waals surface area contributed by atoms with E-state index in [4.69, 9.17) is 5.73 Å². The van der Waals surface area contributed by atoms with Gasteiger partial charge in [-0.1, -0.05) is 0 Å². The van der Waals surface area contributed by atoms with Gasteiger partial charge in [0, 0.05) is 11.9 Å². The first kappa shape index (κ1) is 12.1. The lowest BCUT2D eigenvalue weighted by Crippen LogP contribution is -2.01. The SMILES string of the molecule is FC(F)F.Nc1ncc2c(n1)C(O)CS2. The predicted molar refractivity (Wildman–Crippen MR) is 49.2 cm³/mol. The first-order valence-electron chi connectivity index (χ1n) is 3.86. The fraction of sp³-hybridized carbons (Fsp3) is 0.429. The Morgan fingerprint density at radius 2 is 2.13 bits per heavy atom. The van der Waals surface area contributed by atoms with Crippen LogP contribution in [-0.4, -0.2) is 27.5 Å². The number of thioether (sulfide) groups is 1. The Morgan fingerprint density at radius 3 is 2.73 bits per heavy atom. The Bertz CT molecular complexity index is 337. The maximum absolute atomic E-state index is 9.67. The highest BCUT2D eigenvalue weighted by molar-refractivity contribution is 7.99. The summed E-state index contributed by atoms with van der Waals surface area (Å²) in [6.07, 6.45) is 1.18. The second kappa shape index (κ2) is 5.17. The van der Waals surface area contributed by atoms with Crippen LogP contribution < -0.4 is 5.73 Å². The second-order valence-corrected chi connectivity index (χ2v) is 3.61. The van der Waals surface area contributed by atoms with Crippen molar-refractivity contribution in [3.05, 3.63) is 11.9 Å². The molecule has 0 aliphatic carbocycles. The molecule has 2 heterocycles. The molecule has 0 aromatic carbocycles. The van der Waals surface area contributed by atoms with Gasteiger partial charge >= 0.3 is 6.68 Å². The molecule has 1 aromatic heterocycles. The molecule has 4 nitrogen and oxygen atoms in total. The number of nitrogen functional groups attached to an aromatic ring is 1. The van der Waals surface area contributed by atoms with Gasteiger partial charge in [0.2, 0.25) is 5.95 Å². The summed E-state index contributed by atoms with van der Waals surface area (Å²) in [7, 11) is 0. The fourth-order valence-corrected chi connectivity index (χ4v) is 1.95. The van der Waals surface area contributed by atoms with Crippen molar-refractivity contribution in [2.24, 2.45) is 0 Å². The smallest absolute Gasteiger partial charge is 0.379 e. The molecular weight excluding hydrogens is 231 g/mol. The molecule has 0 bridgehead atoms. The normalized spacial score (nSPS) is 18.3. The minimum Gasteiger partial charge on any atom is -0.386 e. The summed E-state index contributed by atoms with van der Waals surface area (Å²) in [6, 6.07) is 0. The first-order valence-corrected chi connectivity index (χ1v) is 4.84. The number of alkyl halides is 3. The van der Waals surface area contributed by atoms with Crippen LogP contribution in [-0.2, 0) is 0 Å². The number of hydrogen-bond donors (Lipinski definition) is 2. The zero-order valence-corrected chi connectivity index (χ0v) is 8.22. The van der Waals surface area contributed by atoms with Crippen molar-refractivity contribution < 1.29 is 18.3 Å². The van der Waals surface area contributed by atoms with Gasteiger partial charge in [0.15, 0.2) is 0 Å². The molecule has 0 amide bonds. The average Bonchev–Trinajstić information content (AvgIpc) is 2.47. The molecule has 0 spiro atoms. The number of aliphatic hydroxyl groups is 1. The fourth-order valence-electron chi connectivity index (χ4n) is 0.996. The predicted octanol–water partition coefficient (Wildman–Crippen LogP) is 1.38. The van der Waals surface area contributed by atoms with E-state index < -0.39 is 12.8 Å². The molecule has 8 heteroatoms. The molecule has 0 saturated carbocycles. The van der Waals surface area contributed by atoms with Gasteiger partial charge in [-0.25, -0.2) is 9.97 Å². The van der Waals surface area contributed by atoms with Gasteiger partial charge in [-0.05, 0) is 0 Å². The third-order valence-electron chi connectivity index (χ3n) is 1.51. The molecular formula is C7H8F3N3OS. The number of hydrogen-bond acceptors (Lipinski definition) is 5. The van der Waals surface area contributed by atoms with Crippen molar-refractivity contribution in [1.29, 1.82) is 0 Å². The number of nitrogens with two attached hydrogens (primary N) is 1. The van der Waals surface area contributed by atoms with Gasteiger partial charge in [-0.3, -0.25) is 0 Å². The molecule has 1 atom stereocenters. The van der Waals surface area contributed by atoms with Gasteiger partial charge in [-0.2, -0.15) is 13.2 Å². The lowest BCUT2D eigenvalue weighted by atomic mass is 10.3. The number of nitrogens with zero attached hydrogens (tertiary/aromatic N) is 2. The molecule has 15 heavy (non-hydrogen) atoms. The van der Waals surface area contributed by atoms with Gasteiger partial charge in [0.1, 0.15) is 6.10 Å². The van der Waals surface area contributed by atoms with Crippen LogP contribution in [0.2, 0.25) is 0 Å². The minimum atomic E-state index is -3.67. The zero-order valence-electron chi connectivity index (χ0n) is 7.40. The van der Waals surface area contributed by atoms with Crippen molar-refractivity contribution in [2.45, 2.75) is 17.7 Å². The molecule has 1 aromatic rings. The largest absolute Gasteiger partial charge is 0.386 e. The van der Waals surface area contributed by atoms with Crippen molar-refractivity contribution in [3.8, 4) is 0 Å². The molecule has 0 radical (unpaired) electrons. The number of aromatic nitrogens is 2. The minimum absolute atomic E-state index is 0.227. The molecule has 1 unspecified atom stereocenters. The van der Waals surface area contributed by atoms with Crippen molar-refractivity contribution in [1.82, 2.24) is 9.97 Å². The number of aliphatic hydroxyl groups excluding tert-OH is 1. The van der Waals surface area contributed by atoms with Gasteiger partial charge in [0.25, 0.3) is 0 Å². The Balaban J connectivity index is 0.000000245. The van der Waals surface area contributed by atoms with Crippen LogP contribution in [0.1, 0.15) is 11.8 Å². The standard InChI is InChI=1S/C6H7N3OS.CHF3/c7-6-8-1-4-5(9-6)3(10)2-11-4;2-1(3)4/h1,3,10H,2H2,(H2,7,8,9);1H. The quantitative estimate of drug-likeness (QED) is 0.715. The average molecular weight is 239 g/mol. The van der Waals surface area contributed by atoms with Gasteiger partial charge in [0.05, 0.1) is 10.6 Å². The van der Waals surface area contributed by atoms with E-state index in [0.717, 1.165) is 4.90 Å². The highest BCUT2D eigenvalue weighted by Gasteiger charge is 2.22. The Hall–Kier alpha value is -1.02. The van der Waals surface area contributed by atoms with Crippen LogP contribution in [0.4, 0.5) is 19.1 Å². The number of fused-ring (bicyclic) bond motifs is 1. The number of anilines is 1. The van der Waals surface area contributed by atoms with Crippen molar-refractivity contribution in [3.63, 3.8) is 0 Å². The molecule has 0 fully saturated rings. The van der Waals surface area contributed by atoms with Crippen LogP contribution in [0.25, 0.3) is 0 Å². The van der Waals surface area contributed by atoms with E-state index in [1.54, 1.807) is 18.0 Å². The van der Waals surface area contributed by atoms with Crippen LogP contribution in [0.15, 0.2) is 11.1 Å². The topological polar surface area (TPSA) is 72.0 Å². The van der Waals surface area contributed by atoms with E-state index in [1.165, 1.54) is 0 Å². The third-order valence-corrected chi connectivity index (χ3v) is 2.62. The van der Waals surface area contributed by atoms with Crippen LogP contribution in [0.3, 0.4) is 0 Å². The van der Waals surface area contributed by atoms with E-state index in [9.17, 15) is 18.3 Å². The van der Waals surface area contributed by atoms with Gasteiger partial charge in [-0.15, -0.1) is 11.8 Å². The lowest BCUT2D eigenvalue weighted by Gasteiger charge is -2.00. The van der Waals surface area contributed by atoms with Crippen LogP contribution in [0, 0.1) is 0 Å². The van der Waals surface area contributed by atoms with Gasteiger partial charge < -0.3 is 10.8 Å². The monoisotopic (exact) mass is 239 g/mol. The maximum atomic E-state index is 9.67. The molecule has 2 rings (SSSR count). The summed E-state index contributed by atoms with van der Waals surface area (Å²) < 4.78 is 29.0. The Morgan fingerprint density at radius 1 is 1.53 bits per heavy atom. The van der Waals surface area contributed by atoms with Crippen LogP contribution >= 0.6 is 11.8 Å². The molecule has 1 aliphatic rings. The number of rotatable bonds is 0. The summed E-state index contributed by atoms with van der Waals surface area (Å²) in [4.78, 5) is 8.69. The summed E-state index contributed by atoms with van der Waals surface area (Å²) in [5, 5.41) is 9.34. The number of halogens is 3. The molecule has 3 N–H and O–H groups in total. The van der Waals surface area contributed by atoms with Crippen molar-refractivity contribution in [2.75, 3.05) is 11.5 Å². The Labute approximate surface area is 87.7 Å². The second-order valence-electron chi connectivity index (χ2n) is 2.55. The maximum Gasteiger partial charge on any atom is 0.379 e. The van der Waals surface area contributed by atoms with E-state index in [2.05, 4.69) is 9.97 Å². The molecule has 1 aliphatic heterocycles. The summed E-state index contributed by atoms with van der Waals surface area (Å²) in [5.41, 5.74) is 6.02. The Kier molecular flexibility index (Phi) is 4.15. The molecule has 0 saturated heterocycles. The summed E-state index contributed by atoms with van der Waals surface area (Å²) in [5.74, 6) is 0.887. The highest BCUT2D eigenvalue weighted by atomic mass is 32.2.